The molecule has 14 heavy (non-hydrogen) atoms. The molecule has 0 amide bonds. The number of hydrogen-bond acceptors (Lipinski definition) is 1. The van der Waals surface area contributed by atoms with Crippen LogP contribution in [0.5, 0.6) is 0 Å². The zero-order valence-electron chi connectivity index (χ0n) is 7.89. The Balaban J connectivity index is 2.24. The maximum Gasteiger partial charge on any atom is 0.123 e. The van der Waals surface area contributed by atoms with E-state index in [0.29, 0.717) is 5.92 Å². The van der Waals surface area contributed by atoms with Gasteiger partial charge in [-0.15, -0.1) is 0 Å². The van der Waals surface area contributed by atoms with E-state index in [9.17, 15) is 4.39 Å². The largest absolute Gasteiger partial charge is 0.316 e. The highest BCUT2D eigenvalue weighted by atomic mass is 127. The Bertz CT molecular complexity index is 321. The van der Waals surface area contributed by atoms with E-state index >= 15 is 0 Å². The average molecular weight is 305 g/mol. The maximum absolute atomic E-state index is 13.1. The fourth-order valence-electron chi connectivity index (χ4n) is 1.94. The molecular weight excluding hydrogens is 292 g/mol. The van der Waals surface area contributed by atoms with Crippen molar-refractivity contribution >= 4 is 22.6 Å². The Hall–Kier alpha value is -0.160. The molecule has 1 atom stereocenters. The highest BCUT2D eigenvalue weighted by molar-refractivity contribution is 14.1. The molecule has 3 heteroatoms. The van der Waals surface area contributed by atoms with E-state index in [-0.39, 0.29) is 5.82 Å². The van der Waals surface area contributed by atoms with Gasteiger partial charge in [-0.25, -0.2) is 4.39 Å². The first-order valence-electron chi connectivity index (χ1n) is 4.93. The molecule has 0 spiro atoms. The minimum atomic E-state index is -0.119. The number of rotatable bonds is 1. The van der Waals surface area contributed by atoms with Crippen molar-refractivity contribution in [2.45, 2.75) is 18.8 Å². The van der Waals surface area contributed by atoms with Crippen molar-refractivity contribution in [3.05, 3.63) is 33.1 Å². The Morgan fingerprint density at radius 2 is 2.29 bits per heavy atom. The van der Waals surface area contributed by atoms with E-state index < -0.39 is 0 Å². The van der Waals surface area contributed by atoms with E-state index in [1.807, 2.05) is 6.07 Å². The summed E-state index contributed by atoms with van der Waals surface area (Å²) in [5.41, 5.74) is 1.16. The van der Waals surface area contributed by atoms with Gasteiger partial charge >= 0.3 is 0 Å². The normalized spacial score (nSPS) is 22.3. The van der Waals surface area contributed by atoms with E-state index in [2.05, 4.69) is 27.9 Å². The van der Waals surface area contributed by atoms with Crippen LogP contribution < -0.4 is 5.32 Å². The first kappa shape index (κ1) is 10.4. The second-order valence-corrected chi connectivity index (χ2v) is 4.87. The number of hydrogen-bond donors (Lipinski definition) is 1. The van der Waals surface area contributed by atoms with E-state index in [1.165, 1.54) is 22.5 Å². The molecule has 0 saturated carbocycles. The van der Waals surface area contributed by atoms with Crippen molar-refractivity contribution in [2.75, 3.05) is 13.1 Å². The quantitative estimate of drug-likeness (QED) is 0.787. The molecule has 1 aromatic carbocycles. The lowest BCUT2D eigenvalue weighted by Crippen LogP contribution is -2.28. The van der Waals surface area contributed by atoms with Gasteiger partial charge in [-0.3, -0.25) is 0 Å². The lowest BCUT2D eigenvalue weighted by Gasteiger charge is -2.24. The van der Waals surface area contributed by atoms with Gasteiger partial charge in [0.1, 0.15) is 5.82 Å². The summed E-state index contributed by atoms with van der Waals surface area (Å²) in [4.78, 5) is 0. The van der Waals surface area contributed by atoms with Gasteiger partial charge in [0.2, 0.25) is 0 Å². The van der Waals surface area contributed by atoms with E-state index in [0.717, 1.165) is 18.7 Å². The van der Waals surface area contributed by atoms with Gasteiger partial charge in [-0.1, -0.05) is 0 Å². The summed E-state index contributed by atoms with van der Waals surface area (Å²) < 4.78 is 14.3. The second-order valence-electron chi connectivity index (χ2n) is 3.71. The van der Waals surface area contributed by atoms with Gasteiger partial charge in [-0.05, 0) is 71.7 Å². The van der Waals surface area contributed by atoms with Gasteiger partial charge in [0.25, 0.3) is 0 Å². The van der Waals surface area contributed by atoms with Crippen LogP contribution in [0, 0.1) is 9.39 Å². The Kier molecular flexibility index (Phi) is 3.38. The minimum absolute atomic E-state index is 0.119. The fraction of sp³-hybridized carbons (Fsp3) is 0.455. The Labute approximate surface area is 97.2 Å². The summed E-state index contributed by atoms with van der Waals surface area (Å²) >= 11 is 2.28. The third-order valence-corrected chi connectivity index (χ3v) is 3.68. The summed E-state index contributed by atoms with van der Waals surface area (Å²) in [6, 6.07) is 5.07. The molecule has 1 N–H and O–H groups in total. The molecule has 1 heterocycles. The van der Waals surface area contributed by atoms with Gasteiger partial charge in [0.05, 0.1) is 0 Å². The van der Waals surface area contributed by atoms with Crippen LogP contribution >= 0.6 is 22.6 Å². The number of nitrogens with one attached hydrogen (secondary N) is 1. The molecule has 2 rings (SSSR count). The molecule has 76 valence electrons. The summed E-state index contributed by atoms with van der Waals surface area (Å²) in [5.74, 6) is 0.373. The van der Waals surface area contributed by atoms with Crippen molar-refractivity contribution in [1.29, 1.82) is 0 Å². The zero-order valence-corrected chi connectivity index (χ0v) is 10.1. The van der Waals surface area contributed by atoms with Crippen LogP contribution in [0.15, 0.2) is 18.2 Å². The minimum Gasteiger partial charge on any atom is -0.316 e. The smallest absolute Gasteiger partial charge is 0.123 e. The summed E-state index contributed by atoms with van der Waals surface area (Å²) in [6.07, 6.45) is 2.36. The molecule has 1 fully saturated rings. The van der Waals surface area contributed by atoms with Gasteiger partial charge in [0, 0.05) is 10.1 Å². The zero-order chi connectivity index (χ0) is 9.97. The number of piperidine rings is 1. The van der Waals surface area contributed by atoms with Crippen LogP contribution in [0.2, 0.25) is 0 Å². The third kappa shape index (κ3) is 2.25. The molecular formula is C11H13FIN. The van der Waals surface area contributed by atoms with Crippen LogP contribution in [-0.4, -0.2) is 13.1 Å². The number of benzene rings is 1. The predicted octanol–water partition coefficient (Wildman–Crippen LogP) is 2.90. The molecule has 1 aromatic rings. The highest BCUT2D eigenvalue weighted by Gasteiger charge is 2.17. The Morgan fingerprint density at radius 3 is 3.00 bits per heavy atom. The lowest BCUT2D eigenvalue weighted by atomic mass is 9.92. The maximum atomic E-state index is 13.1. The molecule has 0 radical (unpaired) electrons. The van der Waals surface area contributed by atoms with Crippen molar-refractivity contribution in [3.63, 3.8) is 0 Å². The van der Waals surface area contributed by atoms with Crippen LogP contribution in [0.3, 0.4) is 0 Å². The van der Waals surface area contributed by atoms with Crippen LogP contribution in [0.4, 0.5) is 4.39 Å². The van der Waals surface area contributed by atoms with E-state index in [1.54, 1.807) is 6.07 Å². The van der Waals surface area contributed by atoms with E-state index in [4.69, 9.17) is 0 Å². The standard InChI is InChI=1S/C11H13FIN/c12-9-3-4-11(13)10(6-9)8-2-1-5-14-7-8/h3-4,6,8,14H,1-2,5,7H2/t8-/m1/s1. The van der Waals surface area contributed by atoms with Crippen molar-refractivity contribution in [2.24, 2.45) is 0 Å². The topological polar surface area (TPSA) is 12.0 Å². The highest BCUT2D eigenvalue weighted by Crippen LogP contribution is 2.27. The molecule has 1 nitrogen and oxygen atoms in total. The second kappa shape index (κ2) is 4.57. The summed E-state index contributed by atoms with van der Waals surface area (Å²) in [7, 11) is 0. The summed E-state index contributed by atoms with van der Waals surface area (Å²) in [5, 5.41) is 3.35. The monoisotopic (exact) mass is 305 g/mol. The Morgan fingerprint density at radius 1 is 1.43 bits per heavy atom. The van der Waals surface area contributed by atoms with Crippen molar-refractivity contribution in [3.8, 4) is 0 Å². The molecule has 1 aliphatic rings. The summed E-state index contributed by atoms with van der Waals surface area (Å²) in [6.45, 7) is 2.09. The molecule has 0 unspecified atom stereocenters. The lowest BCUT2D eigenvalue weighted by molar-refractivity contribution is 0.458. The number of halogens is 2. The molecule has 0 bridgehead atoms. The first-order valence-corrected chi connectivity index (χ1v) is 6.01. The molecule has 0 aliphatic carbocycles. The van der Waals surface area contributed by atoms with Gasteiger partial charge < -0.3 is 5.32 Å². The first-order chi connectivity index (χ1) is 6.77. The average Bonchev–Trinajstić information content (AvgIpc) is 2.23. The van der Waals surface area contributed by atoms with Crippen LogP contribution in [0.25, 0.3) is 0 Å². The fourth-order valence-corrected chi connectivity index (χ4v) is 2.72. The van der Waals surface area contributed by atoms with Crippen LogP contribution in [-0.2, 0) is 0 Å². The van der Waals surface area contributed by atoms with Crippen LogP contribution in [0.1, 0.15) is 24.3 Å². The van der Waals surface area contributed by atoms with Crippen molar-refractivity contribution < 1.29 is 4.39 Å². The molecule has 1 saturated heterocycles. The third-order valence-electron chi connectivity index (χ3n) is 2.69. The van der Waals surface area contributed by atoms with Gasteiger partial charge in [0.15, 0.2) is 0 Å². The molecule has 0 aromatic heterocycles. The predicted molar refractivity (Wildman–Crippen MR) is 64.0 cm³/mol. The van der Waals surface area contributed by atoms with Crippen molar-refractivity contribution in [1.82, 2.24) is 5.32 Å². The molecule has 1 aliphatic heterocycles. The van der Waals surface area contributed by atoms with Gasteiger partial charge in [-0.2, -0.15) is 0 Å². The SMILES string of the molecule is Fc1ccc(I)c([C@@H]2CCCNC2)c1.